The highest BCUT2D eigenvalue weighted by molar-refractivity contribution is 6.26. The number of rotatable bonds is 2. The second kappa shape index (κ2) is 4.92. The van der Waals surface area contributed by atoms with Crippen molar-refractivity contribution in [1.29, 1.82) is 0 Å². The minimum atomic E-state index is -0.174. The van der Waals surface area contributed by atoms with Gasteiger partial charge in [-0.2, -0.15) is 0 Å². The van der Waals surface area contributed by atoms with Crippen molar-refractivity contribution in [1.82, 2.24) is 9.66 Å². The van der Waals surface area contributed by atoms with Gasteiger partial charge >= 0.3 is 0 Å². The predicted octanol–water partition coefficient (Wildman–Crippen LogP) is 1.81. The van der Waals surface area contributed by atoms with E-state index in [4.69, 9.17) is 4.74 Å². The lowest BCUT2D eigenvalue weighted by Gasteiger charge is -2.21. The lowest BCUT2D eigenvalue weighted by atomic mass is 10.0. The van der Waals surface area contributed by atoms with Gasteiger partial charge in [0.25, 0.3) is 5.56 Å². The van der Waals surface area contributed by atoms with Gasteiger partial charge in [-0.3, -0.25) is 9.59 Å². The molecule has 0 amide bonds. The number of aromatic nitrogens is 2. The summed E-state index contributed by atoms with van der Waals surface area (Å²) in [7, 11) is 5.06. The standard InChI is InChI=1S/C18H15N3O3/c1-20(2)21-16-14(11-6-4-5-7-12(11)18(21)23)17(22)13-8-10(24-3)9-19-15(13)16/h4-9H,1-3H3. The van der Waals surface area contributed by atoms with Crippen LogP contribution in [-0.2, 0) is 0 Å². The molecular weight excluding hydrogens is 306 g/mol. The molecule has 0 spiro atoms. The van der Waals surface area contributed by atoms with E-state index in [1.807, 2.05) is 6.07 Å². The zero-order valence-corrected chi connectivity index (χ0v) is 13.5. The van der Waals surface area contributed by atoms with Gasteiger partial charge < -0.3 is 9.75 Å². The molecule has 6 nitrogen and oxygen atoms in total. The molecule has 3 aromatic rings. The van der Waals surface area contributed by atoms with Gasteiger partial charge in [0.2, 0.25) is 0 Å². The monoisotopic (exact) mass is 321 g/mol. The van der Waals surface area contributed by atoms with Gasteiger partial charge in [-0.05, 0) is 12.1 Å². The zero-order chi connectivity index (χ0) is 17.0. The largest absolute Gasteiger partial charge is 0.495 e. The molecule has 120 valence electrons. The van der Waals surface area contributed by atoms with E-state index in [9.17, 15) is 9.59 Å². The van der Waals surface area contributed by atoms with Gasteiger partial charge in [0.1, 0.15) is 17.1 Å². The third-order valence-electron chi connectivity index (χ3n) is 4.26. The van der Waals surface area contributed by atoms with Crippen LogP contribution in [0.25, 0.3) is 22.2 Å². The molecule has 0 saturated carbocycles. The van der Waals surface area contributed by atoms with E-state index in [1.54, 1.807) is 49.6 Å². The van der Waals surface area contributed by atoms with Gasteiger partial charge in [-0.1, -0.05) is 18.2 Å². The molecule has 1 aliphatic rings. The Kier molecular flexibility index (Phi) is 2.96. The maximum absolute atomic E-state index is 13.0. The van der Waals surface area contributed by atoms with Crippen LogP contribution in [0, 0.1) is 0 Å². The number of hydrogen-bond donors (Lipinski definition) is 0. The minimum absolute atomic E-state index is 0.141. The first-order valence-corrected chi connectivity index (χ1v) is 7.49. The van der Waals surface area contributed by atoms with Crippen LogP contribution >= 0.6 is 0 Å². The van der Waals surface area contributed by atoms with Crippen LogP contribution in [0.15, 0.2) is 41.3 Å². The van der Waals surface area contributed by atoms with Crippen LogP contribution in [-0.4, -0.2) is 36.6 Å². The molecule has 0 unspecified atom stereocenters. The molecule has 1 aromatic carbocycles. The van der Waals surface area contributed by atoms with Crippen molar-refractivity contribution in [2.45, 2.75) is 0 Å². The molecule has 1 aliphatic carbocycles. The Labute approximate surface area is 137 Å². The average Bonchev–Trinajstić information content (AvgIpc) is 2.87. The predicted molar refractivity (Wildman–Crippen MR) is 91.5 cm³/mol. The number of nitrogens with zero attached hydrogens (tertiary/aromatic N) is 3. The number of methoxy groups -OCH3 is 1. The van der Waals surface area contributed by atoms with E-state index in [2.05, 4.69) is 4.98 Å². The van der Waals surface area contributed by atoms with Crippen LogP contribution in [0.3, 0.4) is 0 Å². The Morgan fingerprint density at radius 2 is 1.83 bits per heavy atom. The third-order valence-corrected chi connectivity index (χ3v) is 4.26. The summed E-state index contributed by atoms with van der Waals surface area (Å²) >= 11 is 0. The molecule has 6 heteroatoms. The summed E-state index contributed by atoms with van der Waals surface area (Å²) in [4.78, 5) is 30.3. The maximum Gasteiger partial charge on any atom is 0.277 e. The molecule has 0 atom stereocenters. The normalized spacial score (nSPS) is 12.2. The summed E-state index contributed by atoms with van der Waals surface area (Å²) in [5.41, 5.74) is 1.83. The second-order valence-electron chi connectivity index (χ2n) is 5.83. The van der Waals surface area contributed by atoms with Crippen molar-refractivity contribution in [3.05, 3.63) is 58.0 Å². The van der Waals surface area contributed by atoms with E-state index in [1.165, 1.54) is 11.8 Å². The number of pyridine rings is 2. The third kappa shape index (κ3) is 1.73. The SMILES string of the molecule is COc1cnc2c(c1)C(=O)c1c-2n(N(C)C)c(=O)c2ccccc12. The van der Waals surface area contributed by atoms with Crippen LogP contribution in [0.1, 0.15) is 15.9 Å². The Morgan fingerprint density at radius 1 is 1.12 bits per heavy atom. The van der Waals surface area contributed by atoms with E-state index in [0.717, 1.165) is 0 Å². The first kappa shape index (κ1) is 14.4. The molecule has 0 bridgehead atoms. The molecule has 0 aliphatic heterocycles. The van der Waals surface area contributed by atoms with Gasteiger partial charge in [-0.15, -0.1) is 0 Å². The van der Waals surface area contributed by atoms with E-state index in [-0.39, 0.29) is 11.3 Å². The van der Waals surface area contributed by atoms with Crippen molar-refractivity contribution in [3.63, 3.8) is 0 Å². The fraction of sp³-hybridized carbons (Fsp3) is 0.167. The summed E-state index contributed by atoms with van der Waals surface area (Å²) in [6.07, 6.45) is 1.56. The van der Waals surface area contributed by atoms with Gasteiger partial charge in [0.15, 0.2) is 5.78 Å². The fourth-order valence-electron chi connectivity index (χ4n) is 3.22. The number of ether oxygens (including phenoxy) is 1. The lowest BCUT2D eigenvalue weighted by molar-refractivity contribution is 0.104. The number of carbonyl (C=O) groups excluding carboxylic acids is 1. The number of carbonyl (C=O) groups is 1. The summed E-state index contributed by atoms with van der Waals surface area (Å²) in [6.45, 7) is 0. The summed E-state index contributed by atoms with van der Waals surface area (Å²) in [5, 5.41) is 2.83. The Balaban J connectivity index is 2.21. The van der Waals surface area contributed by atoms with E-state index >= 15 is 0 Å². The first-order valence-electron chi connectivity index (χ1n) is 7.49. The van der Waals surface area contributed by atoms with Crippen molar-refractivity contribution in [2.75, 3.05) is 26.2 Å². The molecule has 0 radical (unpaired) electrons. The average molecular weight is 321 g/mol. The van der Waals surface area contributed by atoms with Crippen molar-refractivity contribution in [2.24, 2.45) is 0 Å². The van der Waals surface area contributed by atoms with E-state index in [0.29, 0.717) is 39.0 Å². The van der Waals surface area contributed by atoms with Crippen LogP contribution < -0.4 is 15.3 Å². The molecule has 4 rings (SSSR count). The van der Waals surface area contributed by atoms with Gasteiger partial charge in [0, 0.05) is 24.9 Å². The number of ketones is 1. The first-order chi connectivity index (χ1) is 11.5. The summed E-state index contributed by atoms with van der Waals surface area (Å²) in [6, 6.07) is 8.83. The second-order valence-corrected chi connectivity index (χ2v) is 5.83. The minimum Gasteiger partial charge on any atom is -0.495 e. The Hall–Kier alpha value is -3.15. The molecule has 0 saturated heterocycles. The quantitative estimate of drug-likeness (QED) is 0.563. The van der Waals surface area contributed by atoms with Crippen molar-refractivity contribution >= 4 is 16.6 Å². The molecule has 0 N–H and O–H groups in total. The molecular formula is C18H15N3O3. The van der Waals surface area contributed by atoms with Crippen molar-refractivity contribution in [3.8, 4) is 17.1 Å². The summed E-state index contributed by atoms with van der Waals surface area (Å²) < 4.78 is 6.68. The number of hydrogen-bond acceptors (Lipinski definition) is 5. The van der Waals surface area contributed by atoms with Crippen LogP contribution in [0.5, 0.6) is 5.75 Å². The molecule has 2 heterocycles. The Bertz CT molecular complexity index is 1070. The van der Waals surface area contributed by atoms with E-state index < -0.39 is 0 Å². The fourth-order valence-corrected chi connectivity index (χ4v) is 3.22. The maximum atomic E-state index is 13.0. The highest BCUT2D eigenvalue weighted by Gasteiger charge is 2.34. The molecule has 2 aromatic heterocycles. The van der Waals surface area contributed by atoms with Gasteiger partial charge in [0.05, 0.1) is 24.4 Å². The van der Waals surface area contributed by atoms with Crippen LogP contribution in [0.2, 0.25) is 0 Å². The zero-order valence-electron chi connectivity index (χ0n) is 13.5. The number of benzene rings is 1. The highest BCUT2D eigenvalue weighted by Crippen LogP contribution is 2.38. The van der Waals surface area contributed by atoms with Gasteiger partial charge in [-0.25, -0.2) is 9.66 Å². The van der Waals surface area contributed by atoms with Crippen LogP contribution in [0.4, 0.5) is 0 Å². The molecule has 0 fully saturated rings. The molecule has 24 heavy (non-hydrogen) atoms. The van der Waals surface area contributed by atoms with Crippen molar-refractivity contribution < 1.29 is 9.53 Å². The topological polar surface area (TPSA) is 64.4 Å². The highest BCUT2D eigenvalue weighted by atomic mass is 16.5. The Morgan fingerprint density at radius 3 is 2.50 bits per heavy atom. The number of fused-ring (bicyclic) bond motifs is 5. The lowest BCUT2D eigenvalue weighted by Crippen LogP contribution is -2.37. The smallest absolute Gasteiger partial charge is 0.277 e. The summed E-state index contributed by atoms with van der Waals surface area (Å²) in [5.74, 6) is 0.371.